The van der Waals surface area contributed by atoms with Gasteiger partial charge in [-0.1, -0.05) is 26.3 Å². The largest absolute Gasteiger partial charge is 0.488 e. The van der Waals surface area contributed by atoms with E-state index in [2.05, 4.69) is 36.3 Å². The van der Waals surface area contributed by atoms with E-state index in [0.717, 1.165) is 36.0 Å². The zero-order valence-electron chi connectivity index (χ0n) is 18.3. The number of aliphatic carboxylic acids is 1. The van der Waals surface area contributed by atoms with E-state index >= 15 is 0 Å². The molecule has 0 bridgehead atoms. The second-order valence-corrected chi connectivity index (χ2v) is 7.53. The van der Waals surface area contributed by atoms with Gasteiger partial charge in [-0.15, -0.1) is 0 Å². The highest BCUT2D eigenvalue weighted by Gasteiger charge is 2.26. The van der Waals surface area contributed by atoms with E-state index in [-0.39, 0.29) is 0 Å². The van der Waals surface area contributed by atoms with Gasteiger partial charge >= 0.3 is 5.97 Å². The number of pyridine rings is 1. The predicted octanol–water partition coefficient (Wildman–Crippen LogP) is 5.28. The molecule has 3 rings (SSSR count). The summed E-state index contributed by atoms with van der Waals surface area (Å²) in [4.78, 5) is 16.4. The number of carbonyl (C=O) groups is 1. The number of hydrogen-bond donors (Lipinski definition) is 2. The molecule has 0 amide bonds. The molecule has 0 aliphatic rings. The molecular weight excluding hydrogens is 402 g/mol. The Balaban J connectivity index is 2.03. The summed E-state index contributed by atoms with van der Waals surface area (Å²) in [6, 6.07) is 15.6. The maximum atomic E-state index is 12.3. The van der Waals surface area contributed by atoms with Crippen LogP contribution in [0.15, 0.2) is 60.9 Å². The first-order chi connectivity index (χ1) is 15.5. The van der Waals surface area contributed by atoms with Gasteiger partial charge in [0.1, 0.15) is 12.4 Å². The van der Waals surface area contributed by atoms with Crippen molar-refractivity contribution in [1.29, 1.82) is 5.26 Å². The number of ether oxygens (including phenoxy) is 1. The Morgan fingerprint density at radius 3 is 2.44 bits per heavy atom. The van der Waals surface area contributed by atoms with Gasteiger partial charge in [0.25, 0.3) is 0 Å². The topological polar surface area (TPSA) is 95.2 Å². The molecule has 32 heavy (non-hydrogen) atoms. The summed E-state index contributed by atoms with van der Waals surface area (Å²) in [6.45, 7) is 4.46. The van der Waals surface area contributed by atoms with Crippen LogP contribution in [0.25, 0.3) is 0 Å². The smallest absolute Gasteiger partial charge is 0.330 e. The molecule has 1 unspecified atom stereocenters. The van der Waals surface area contributed by atoms with Crippen LogP contribution in [-0.2, 0) is 24.2 Å². The first-order valence-corrected chi connectivity index (χ1v) is 10.7. The summed E-state index contributed by atoms with van der Waals surface area (Å²) in [5, 5.41) is 22.2. The molecule has 6 nitrogen and oxygen atoms in total. The molecule has 1 atom stereocenters. The van der Waals surface area contributed by atoms with E-state index in [1.54, 1.807) is 36.7 Å². The van der Waals surface area contributed by atoms with Crippen LogP contribution < -0.4 is 10.1 Å². The van der Waals surface area contributed by atoms with E-state index in [4.69, 9.17) is 10.00 Å². The lowest BCUT2D eigenvalue weighted by molar-refractivity contribution is -0.138. The molecular formula is C26H27N3O3. The standard InChI is InChI=1S/C26H27N3O3/c1-3-5-21-14-18(4-2)15-23(25(21)32-17-20-10-12-28-13-11-20)24(26(30)31)29-22-8-6-19(16-27)7-9-22/h6-15,24,29H,3-5,17H2,1-2H3,(H,30,31). The molecule has 3 aromatic rings. The van der Waals surface area contributed by atoms with Crippen molar-refractivity contribution >= 4 is 11.7 Å². The zero-order valence-corrected chi connectivity index (χ0v) is 18.3. The Hall–Kier alpha value is -3.85. The number of anilines is 1. The predicted molar refractivity (Wildman–Crippen MR) is 124 cm³/mol. The molecule has 1 aromatic heterocycles. The van der Waals surface area contributed by atoms with Crippen LogP contribution >= 0.6 is 0 Å². The fourth-order valence-electron chi connectivity index (χ4n) is 3.55. The van der Waals surface area contributed by atoms with Crippen LogP contribution in [0.3, 0.4) is 0 Å². The van der Waals surface area contributed by atoms with Gasteiger partial charge in [-0.05, 0) is 72.0 Å². The van der Waals surface area contributed by atoms with Crippen molar-refractivity contribution in [2.45, 2.75) is 45.8 Å². The van der Waals surface area contributed by atoms with Crippen molar-refractivity contribution in [2.24, 2.45) is 0 Å². The molecule has 0 aliphatic heterocycles. The highest BCUT2D eigenvalue weighted by Crippen LogP contribution is 2.35. The Kier molecular flexibility index (Phi) is 7.82. The van der Waals surface area contributed by atoms with Gasteiger partial charge in [-0.3, -0.25) is 4.98 Å². The summed E-state index contributed by atoms with van der Waals surface area (Å²) in [5.74, 6) is -0.395. The molecule has 0 spiro atoms. The lowest BCUT2D eigenvalue weighted by Crippen LogP contribution is -2.22. The van der Waals surface area contributed by atoms with Crippen LogP contribution in [-0.4, -0.2) is 16.1 Å². The van der Waals surface area contributed by atoms with Crippen molar-refractivity contribution in [3.63, 3.8) is 0 Å². The number of nitriles is 1. The summed E-state index contributed by atoms with van der Waals surface area (Å²) >= 11 is 0. The summed E-state index contributed by atoms with van der Waals surface area (Å²) in [5.41, 5.74) is 4.76. The van der Waals surface area contributed by atoms with Crippen LogP contribution in [0, 0.1) is 11.3 Å². The third-order valence-electron chi connectivity index (χ3n) is 5.20. The second kappa shape index (κ2) is 11.0. The summed E-state index contributed by atoms with van der Waals surface area (Å²) < 4.78 is 6.24. The van der Waals surface area contributed by atoms with E-state index in [1.807, 2.05) is 18.2 Å². The Bertz CT molecular complexity index is 1090. The van der Waals surface area contributed by atoms with E-state index in [9.17, 15) is 9.90 Å². The van der Waals surface area contributed by atoms with Crippen LogP contribution in [0.1, 0.15) is 54.1 Å². The fraction of sp³-hybridized carbons (Fsp3) is 0.269. The van der Waals surface area contributed by atoms with Gasteiger partial charge in [-0.2, -0.15) is 5.26 Å². The number of hydrogen-bond acceptors (Lipinski definition) is 5. The van der Waals surface area contributed by atoms with Gasteiger partial charge in [0.2, 0.25) is 0 Å². The number of carboxylic acids is 1. The Morgan fingerprint density at radius 2 is 1.84 bits per heavy atom. The second-order valence-electron chi connectivity index (χ2n) is 7.53. The van der Waals surface area contributed by atoms with Crippen molar-refractivity contribution in [3.8, 4) is 11.8 Å². The minimum atomic E-state index is -1.00. The average molecular weight is 430 g/mol. The number of rotatable bonds is 10. The van der Waals surface area contributed by atoms with Crippen LogP contribution in [0.4, 0.5) is 5.69 Å². The monoisotopic (exact) mass is 429 g/mol. The van der Waals surface area contributed by atoms with Gasteiger partial charge in [0.15, 0.2) is 6.04 Å². The average Bonchev–Trinajstić information content (AvgIpc) is 2.82. The third-order valence-corrected chi connectivity index (χ3v) is 5.20. The van der Waals surface area contributed by atoms with Gasteiger partial charge in [0, 0.05) is 23.6 Å². The van der Waals surface area contributed by atoms with Crippen molar-refractivity contribution < 1.29 is 14.6 Å². The van der Waals surface area contributed by atoms with Crippen molar-refractivity contribution in [2.75, 3.05) is 5.32 Å². The number of carboxylic acid groups (broad SMARTS) is 1. The molecule has 0 aliphatic carbocycles. The highest BCUT2D eigenvalue weighted by atomic mass is 16.5. The minimum absolute atomic E-state index is 0.320. The molecule has 164 valence electrons. The van der Waals surface area contributed by atoms with E-state index < -0.39 is 12.0 Å². The van der Waals surface area contributed by atoms with Crippen molar-refractivity contribution in [1.82, 2.24) is 4.98 Å². The third kappa shape index (κ3) is 5.64. The molecule has 0 radical (unpaired) electrons. The number of nitrogens with zero attached hydrogens (tertiary/aromatic N) is 2. The lowest BCUT2D eigenvalue weighted by Gasteiger charge is -2.23. The maximum Gasteiger partial charge on any atom is 0.330 e. The first-order valence-electron chi connectivity index (χ1n) is 10.7. The molecule has 0 saturated heterocycles. The first kappa shape index (κ1) is 22.8. The Morgan fingerprint density at radius 1 is 1.12 bits per heavy atom. The van der Waals surface area contributed by atoms with Crippen molar-refractivity contribution in [3.05, 3.63) is 88.7 Å². The minimum Gasteiger partial charge on any atom is -0.488 e. The molecule has 0 fully saturated rings. The summed E-state index contributed by atoms with van der Waals surface area (Å²) in [6.07, 6.45) is 5.91. The molecule has 0 saturated carbocycles. The van der Waals surface area contributed by atoms with Gasteiger partial charge < -0.3 is 15.2 Å². The highest BCUT2D eigenvalue weighted by molar-refractivity contribution is 5.81. The lowest BCUT2D eigenvalue weighted by atomic mass is 9.95. The SMILES string of the molecule is CCCc1cc(CC)cc(C(Nc2ccc(C#N)cc2)C(=O)O)c1OCc1ccncc1. The summed E-state index contributed by atoms with van der Waals surface area (Å²) in [7, 11) is 0. The zero-order chi connectivity index (χ0) is 22.9. The van der Waals surface area contributed by atoms with Gasteiger partial charge in [-0.25, -0.2) is 4.79 Å². The number of aromatic nitrogens is 1. The van der Waals surface area contributed by atoms with Gasteiger partial charge in [0.05, 0.1) is 11.6 Å². The molecule has 2 N–H and O–H groups in total. The normalized spacial score (nSPS) is 11.4. The fourth-order valence-corrected chi connectivity index (χ4v) is 3.55. The quantitative estimate of drug-likeness (QED) is 0.455. The Labute approximate surface area is 188 Å². The molecule has 1 heterocycles. The molecule has 6 heteroatoms. The number of aryl methyl sites for hydroxylation is 2. The van der Waals surface area contributed by atoms with E-state index in [1.165, 1.54) is 0 Å². The van der Waals surface area contributed by atoms with E-state index in [0.29, 0.717) is 29.2 Å². The number of benzene rings is 2. The van der Waals surface area contributed by atoms with Crippen LogP contribution in [0.5, 0.6) is 5.75 Å². The molecule has 2 aromatic carbocycles. The number of nitrogens with one attached hydrogen (secondary N) is 1. The maximum absolute atomic E-state index is 12.3. The van der Waals surface area contributed by atoms with Crippen LogP contribution in [0.2, 0.25) is 0 Å².